The number of benzene rings is 1. The summed E-state index contributed by atoms with van der Waals surface area (Å²) in [4.78, 5) is 11.7. The lowest BCUT2D eigenvalue weighted by atomic mass is 10.2. The maximum absolute atomic E-state index is 11.7. The van der Waals surface area contributed by atoms with Gasteiger partial charge in [0.05, 0.1) is 5.56 Å². The number of carbonyl (C=O) groups is 1. The van der Waals surface area contributed by atoms with Crippen LogP contribution in [0.1, 0.15) is 23.7 Å². The lowest BCUT2D eigenvalue weighted by Gasteiger charge is -2.05. The minimum atomic E-state index is 0.0596. The molecule has 14 heavy (non-hydrogen) atoms. The van der Waals surface area contributed by atoms with Gasteiger partial charge >= 0.3 is 0 Å². The van der Waals surface area contributed by atoms with E-state index in [1.807, 2.05) is 24.3 Å². The zero-order valence-corrected chi connectivity index (χ0v) is 10.1. The van der Waals surface area contributed by atoms with Gasteiger partial charge in [-0.1, -0.05) is 19.1 Å². The zero-order chi connectivity index (χ0) is 10.1. The van der Waals surface area contributed by atoms with Crippen molar-refractivity contribution in [3.05, 3.63) is 33.4 Å². The first kappa shape index (κ1) is 9.96. The van der Waals surface area contributed by atoms with Crippen molar-refractivity contribution in [3.63, 3.8) is 0 Å². The average Bonchev–Trinajstić information content (AvgIpc) is 2.82. The predicted molar refractivity (Wildman–Crippen MR) is 64.2 cm³/mol. The lowest BCUT2D eigenvalue weighted by molar-refractivity contribution is 0.0948. The van der Waals surface area contributed by atoms with Crippen molar-refractivity contribution in [1.82, 2.24) is 5.32 Å². The van der Waals surface area contributed by atoms with Crippen molar-refractivity contribution in [2.24, 2.45) is 5.92 Å². The van der Waals surface area contributed by atoms with E-state index in [-0.39, 0.29) is 5.91 Å². The fourth-order valence-electron chi connectivity index (χ4n) is 1.41. The molecule has 1 saturated carbocycles. The Morgan fingerprint density at radius 1 is 1.50 bits per heavy atom. The van der Waals surface area contributed by atoms with Gasteiger partial charge < -0.3 is 5.32 Å². The first-order valence-electron chi connectivity index (χ1n) is 4.74. The zero-order valence-electron chi connectivity index (χ0n) is 7.96. The standard InChI is InChI=1S/C11H12INO/c1-7-6-10(7)13-11(14)8-4-2-3-5-9(8)12/h2-5,7,10H,6H2,1H3,(H,13,14). The van der Waals surface area contributed by atoms with Gasteiger partial charge in [-0.15, -0.1) is 0 Å². The number of amides is 1. The van der Waals surface area contributed by atoms with Crippen molar-refractivity contribution < 1.29 is 4.79 Å². The van der Waals surface area contributed by atoms with Crippen LogP contribution in [0.3, 0.4) is 0 Å². The quantitative estimate of drug-likeness (QED) is 0.835. The number of rotatable bonds is 2. The Labute approximate surface area is 97.2 Å². The minimum Gasteiger partial charge on any atom is -0.349 e. The van der Waals surface area contributed by atoms with Gasteiger partial charge in [-0.25, -0.2) is 0 Å². The second-order valence-electron chi connectivity index (χ2n) is 3.77. The van der Waals surface area contributed by atoms with Gasteiger partial charge in [-0.3, -0.25) is 4.79 Å². The topological polar surface area (TPSA) is 29.1 Å². The summed E-state index contributed by atoms with van der Waals surface area (Å²) >= 11 is 2.19. The molecule has 2 unspecified atom stereocenters. The van der Waals surface area contributed by atoms with E-state index in [0.29, 0.717) is 12.0 Å². The Balaban J connectivity index is 2.07. The summed E-state index contributed by atoms with van der Waals surface area (Å²) in [6.07, 6.45) is 1.12. The van der Waals surface area contributed by atoms with E-state index in [2.05, 4.69) is 34.8 Å². The van der Waals surface area contributed by atoms with Crippen LogP contribution < -0.4 is 5.32 Å². The van der Waals surface area contributed by atoms with Crippen LogP contribution in [0.5, 0.6) is 0 Å². The molecular weight excluding hydrogens is 289 g/mol. The SMILES string of the molecule is CC1CC1NC(=O)c1ccccc1I. The van der Waals surface area contributed by atoms with Gasteiger partial charge in [0.1, 0.15) is 0 Å². The Hall–Kier alpha value is -0.580. The Morgan fingerprint density at radius 2 is 2.14 bits per heavy atom. The molecular formula is C11H12INO. The van der Waals surface area contributed by atoms with Gasteiger partial charge in [0, 0.05) is 9.61 Å². The summed E-state index contributed by atoms with van der Waals surface area (Å²) in [6.45, 7) is 2.15. The van der Waals surface area contributed by atoms with Crippen LogP contribution in [0.25, 0.3) is 0 Å². The third-order valence-corrected chi connectivity index (χ3v) is 3.49. The largest absolute Gasteiger partial charge is 0.349 e. The molecule has 0 heterocycles. The summed E-state index contributed by atoms with van der Waals surface area (Å²) in [7, 11) is 0. The summed E-state index contributed by atoms with van der Waals surface area (Å²) in [5, 5.41) is 3.02. The van der Waals surface area contributed by atoms with E-state index in [9.17, 15) is 4.79 Å². The molecule has 1 aromatic rings. The Morgan fingerprint density at radius 3 is 2.71 bits per heavy atom. The smallest absolute Gasteiger partial charge is 0.252 e. The highest BCUT2D eigenvalue weighted by atomic mass is 127. The van der Waals surface area contributed by atoms with E-state index in [1.54, 1.807) is 0 Å². The second kappa shape index (κ2) is 3.88. The molecule has 1 aromatic carbocycles. The summed E-state index contributed by atoms with van der Waals surface area (Å²) in [5.41, 5.74) is 0.784. The van der Waals surface area contributed by atoms with Crippen molar-refractivity contribution in [3.8, 4) is 0 Å². The van der Waals surface area contributed by atoms with Gasteiger partial charge in [0.2, 0.25) is 0 Å². The maximum Gasteiger partial charge on any atom is 0.252 e. The number of halogens is 1. The first-order valence-corrected chi connectivity index (χ1v) is 5.82. The molecule has 0 spiro atoms. The Bertz CT molecular complexity index is 364. The average molecular weight is 301 g/mol. The van der Waals surface area contributed by atoms with Crippen LogP contribution in [0.2, 0.25) is 0 Å². The van der Waals surface area contributed by atoms with Crippen molar-refractivity contribution in [2.75, 3.05) is 0 Å². The van der Waals surface area contributed by atoms with E-state index >= 15 is 0 Å². The highest BCUT2D eigenvalue weighted by Crippen LogP contribution is 2.29. The van der Waals surface area contributed by atoms with E-state index in [4.69, 9.17) is 0 Å². The second-order valence-corrected chi connectivity index (χ2v) is 4.93. The van der Waals surface area contributed by atoms with E-state index in [1.165, 1.54) is 0 Å². The van der Waals surface area contributed by atoms with Crippen LogP contribution in [0, 0.1) is 9.49 Å². The third-order valence-electron chi connectivity index (χ3n) is 2.54. The predicted octanol–water partition coefficient (Wildman–Crippen LogP) is 2.43. The minimum absolute atomic E-state index is 0.0596. The van der Waals surface area contributed by atoms with E-state index < -0.39 is 0 Å². The van der Waals surface area contributed by atoms with Gasteiger partial charge in [-0.2, -0.15) is 0 Å². The number of nitrogens with one attached hydrogen (secondary N) is 1. The van der Waals surface area contributed by atoms with Crippen LogP contribution in [-0.2, 0) is 0 Å². The summed E-state index contributed by atoms with van der Waals surface area (Å²) < 4.78 is 1.01. The molecule has 2 rings (SSSR count). The fourth-order valence-corrected chi connectivity index (χ4v) is 2.05. The molecule has 1 aliphatic rings. The molecule has 2 atom stereocenters. The number of carbonyl (C=O) groups excluding carboxylic acids is 1. The van der Waals surface area contributed by atoms with Gasteiger partial charge in [0.15, 0.2) is 0 Å². The van der Waals surface area contributed by atoms with Crippen molar-refractivity contribution >= 4 is 28.5 Å². The molecule has 1 fully saturated rings. The summed E-state index contributed by atoms with van der Waals surface area (Å²) in [6, 6.07) is 8.06. The van der Waals surface area contributed by atoms with Crippen LogP contribution >= 0.6 is 22.6 Å². The van der Waals surface area contributed by atoms with Gasteiger partial charge in [0.25, 0.3) is 5.91 Å². The fraction of sp³-hybridized carbons (Fsp3) is 0.364. The molecule has 0 radical (unpaired) electrons. The third kappa shape index (κ3) is 2.08. The molecule has 2 nitrogen and oxygen atoms in total. The van der Waals surface area contributed by atoms with Crippen LogP contribution in [-0.4, -0.2) is 11.9 Å². The molecule has 0 aliphatic heterocycles. The molecule has 0 bridgehead atoms. The van der Waals surface area contributed by atoms with Crippen molar-refractivity contribution in [2.45, 2.75) is 19.4 Å². The molecule has 74 valence electrons. The van der Waals surface area contributed by atoms with Crippen LogP contribution in [0.4, 0.5) is 0 Å². The van der Waals surface area contributed by atoms with Crippen LogP contribution in [0.15, 0.2) is 24.3 Å². The Kier molecular flexibility index (Phi) is 2.76. The van der Waals surface area contributed by atoms with E-state index in [0.717, 1.165) is 15.6 Å². The highest BCUT2D eigenvalue weighted by molar-refractivity contribution is 14.1. The normalized spacial score (nSPS) is 24.4. The van der Waals surface area contributed by atoms with Gasteiger partial charge in [-0.05, 0) is 47.1 Å². The molecule has 0 aromatic heterocycles. The molecule has 1 N–H and O–H groups in total. The number of hydrogen-bond acceptors (Lipinski definition) is 1. The highest BCUT2D eigenvalue weighted by Gasteiger charge is 2.34. The monoisotopic (exact) mass is 301 g/mol. The molecule has 3 heteroatoms. The molecule has 1 amide bonds. The number of hydrogen-bond donors (Lipinski definition) is 1. The van der Waals surface area contributed by atoms with Crippen molar-refractivity contribution in [1.29, 1.82) is 0 Å². The summed E-state index contributed by atoms with van der Waals surface area (Å²) in [5.74, 6) is 0.713. The maximum atomic E-state index is 11.7. The molecule has 1 aliphatic carbocycles. The molecule has 0 saturated heterocycles. The lowest BCUT2D eigenvalue weighted by Crippen LogP contribution is -2.27. The first-order chi connectivity index (χ1) is 6.68.